The maximum absolute atomic E-state index is 12.5. The highest BCUT2D eigenvalue weighted by Gasteiger charge is 2.23. The average molecular weight is 335 g/mol. The first-order chi connectivity index (χ1) is 9.88. The van der Waals surface area contributed by atoms with Crippen LogP contribution in [-0.4, -0.2) is 43.1 Å². The molecule has 1 unspecified atom stereocenters. The number of ether oxygens (including phenoxy) is 1. The lowest BCUT2D eigenvalue weighted by molar-refractivity contribution is -0.0507. The van der Waals surface area contributed by atoms with E-state index in [9.17, 15) is 13.6 Å². The van der Waals surface area contributed by atoms with E-state index in [0.717, 1.165) is 6.54 Å². The highest BCUT2D eigenvalue weighted by molar-refractivity contribution is 5.95. The van der Waals surface area contributed by atoms with Crippen molar-refractivity contribution < 1.29 is 18.3 Å². The van der Waals surface area contributed by atoms with Crippen LogP contribution < -0.4 is 10.1 Å². The van der Waals surface area contributed by atoms with Crippen molar-refractivity contribution in [3.63, 3.8) is 0 Å². The number of carbonyl (C=O) groups is 1. The summed E-state index contributed by atoms with van der Waals surface area (Å²) in [6, 6.07) is 3.48. The number of benzene rings is 1. The van der Waals surface area contributed by atoms with Crippen LogP contribution in [0, 0.1) is 13.8 Å². The molecule has 1 atom stereocenters. The number of nitrogens with zero attached hydrogens (tertiary/aromatic N) is 1. The summed E-state index contributed by atoms with van der Waals surface area (Å²) in [5, 5.41) is 3.27. The number of aryl methyl sites for hydroxylation is 2. The molecule has 1 aliphatic rings. The van der Waals surface area contributed by atoms with E-state index < -0.39 is 6.61 Å². The summed E-state index contributed by atoms with van der Waals surface area (Å²) >= 11 is 0. The summed E-state index contributed by atoms with van der Waals surface area (Å²) in [4.78, 5) is 14.3. The quantitative estimate of drug-likeness (QED) is 0.924. The van der Waals surface area contributed by atoms with E-state index >= 15 is 0 Å². The van der Waals surface area contributed by atoms with Crippen LogP contribution >= 0.6 is 12.4 Å². The number of piperazine rings is 1. The molecule has 1 N–H and O–H groups in total. The van der Waals surface area contributed by atoms with E-state index in [1.165, 1.54) is 0 Å². The topological polar surface area (TPSA) is 41.6 Å². The van der Waals surface area contributed by atoms with Gasteiger partial charge in [-0.3, -0.25) is 4.79 Å². The Balaban J connectivity index is 0.00000242. The predicted molar refractivity (Wildman–Crippen MR) is 83.2 cm³/mol. The molecule has 1 saturated heterocycles. The molecule has 0 spiro atoms. The standard InChI is InChI=1S/C15H20F2N2O2.ClH/c1-9-6-12(7-10(2)13(9)21-15(16)17)14(20)19-5-4-18-11(3)8-19;/h6-7,11,15,18H,4-5,8H2,1-3H3;1H. The zero-order valence-electron chi connectivity index (χ0n) is 12.9. The van der Waals surface area contributed by atoms with Crippen LogP contribution in [0.3, 0.4) is 0 Å². The Bertz CT molecular complexity index is 517. The number of carbonyl (C=O) groups excluding carboxylic acids is 1. The fourth-order valence-corrected chi connectivity index (χ4v) is 2.65. The second kappa shape index (κ2) is 7.74. The minimum absolute atomic E-state index is 0. The third kappa shape index (κ3) is 4.30. The van der Waals surface area contributed by atoms with Gasteiger partial charge in [0.2, 0.25) is 0 Å². The average Bonchev–Trinajstić information content (AvgIpc) is 2.41. The number of nitrogens with one attached hydrogen (secondary N) is 1. The van der Waals surface area contributed by atoms with Gasteiger partial charge >= 0.3 is 6.61 Å². The lowest BCUT2D eigenvalue weighted by atomic mass is 10.0. The van der Waals surface area contributed by atoms with E-state index in [-0.39, 0.29) is 30.1 Å². The molecule has 1 fully saturated rings. The Morgan fingerprint density at radius 1 is 1.36 bits per heavy atom. The number of hydrogen-bond donors (Lipinski definition) is 1. The first-order valence-electron chi connectivity index (χ1n) is 6.97. The van der Waals surface area contributed by atoms with Gasteiger partial charge in [0.05, 0.1) is 0 Å². The lowest BCUT2D eigenvalue weighted by Gasteiger charge is -2.32. The van der Waals surface area contributed by atoms with Gasteiger partial charge in [0.25, 0.3) is 5.91 Å². The molecule has 0 radical (unpaired) electrons. The van der Waals surface area contributed by atoms with Crippen molar-refractivity contribution in [1.82, 2.24) is 10.2 Å². The van der Waals surface area contributed by atoms with Gasteiger partial charge in [-0.25, -0.2) is 0 Å². The monoisotopic (exact) mass is 334 g/mol. The molecule has 1 aromatic rings. The van der Waals surface area contributed by atoms with E-state index in [1.807, 2.05) is 6.92 Å². The predicted octanol–water partition coefficient (Wildman–Crippen LogP) is 2.76. The third-order valence-electron chi connectivity index (χ3n) is 3.57. The summed E-state index contributed by atoms with van der Waals surface area (Å²) in [5.41, 5.74) is 1.60. The van der Waals surface area contributed by atoms with E-state index in [0.29, 0.717) is 29.8 Å². The van der Waals surface area contributed by atoms with Crippen LogP contribution in [0.25, 0.3) is 0 Å². The smallest absolute Gasteiger partial charge is 0.387 e. The Morgan fingerprint density at radius 2 is 1.95 bits per heavy atom. The summed E-state index contributed by atoms with van der Waals surface area (Å²) in [6.07, 6.45) is 0. The van der Waals surface area contributed by atoms with Crippen LogP contribution in [-0.2, 0) is 0 Å². The molecule has 0 aliphatic carbocycles. The van der Waals surface area contributed by atoms with Crippen LogP contribution in [0.2, 0.25) is 0 Å². The minimum atomic E-state index is -2.86. The maximum atomic E-state index is 12.5. The Morgan fingerprint density at radius 3 is 2.45 bits per heavy atom. The summed E-state index contributed by atoms with van der Waals surface area (Å²) in [7, 11) is 0. The second-order valence-electron chi connectivity index (χ2n) is 5.42. The molecule has 1 amide bonds. The van der Waals surface area contributed by atoms with Crippen molar-refractivity contribution in [2.75, 3.05) is 19.6 Å². The number of hydrogen-bond acceptors (Lipinski definition) is 3. The molecule has 22 heavy (non-hydrogen) atoms. The van der Waals surface area contributed by atoms with Crippen LogP contribution in [0.4, 0.5) is 8.78 Å². The zero-order valence-corrected chi connectivity index (χ0v) is 13.7. The van der Waals surface area contributed by atoms with E-state index in [2.05, 4.69) is 10.1 Å². The second-order valence-corrected chi connectivity index (χ2v) is 5.42. The van der Waals surface area contributed by atoms with Crippen molar-refractivity contribution in [3.8, 4) is 5.75 Å². The molecule has 2 rings (SSSR count). The summed E-state index contributed by atoms with van der Waals surface area (Å²) in [6.45, 7) is 4.55. The van der Waals surface area contributed by atoms with Crippen molar-refractivity contribution in [2.45, 2.75) is 33.4 Å². The zero-order chi connectivity index (χ0) is 15.6. The molecular formula is C15H21ClF2N2O2. The Labute approximate surface area is 135 Å². The molecule has 124 valence electrons. The highest BCUT2D eigenvalue weighted by atomic mass is 35.5. The van der Waals surface area contributed by atoms with Gasteiger partial charge in [0, 0.05) is 31.2 Å². The van der Waals surface area contributed by atoms with Crippen molar-refractivity contribution in [1.29, 1.82) is 0 Å². The molecule has 4 nitrogen and oxygen atoms in total. The van der Waals surface area contributed by atoms with Gasteiger partial charge in [0.15, 0.2) is 0 Å². The Kier molecular flexibility index (Phi) is 6.56. The SMILES string of the molecule is Cc1cc(C(=O)N2CCNC(C)C2)cc(C)c1OC(F)F.Cl. The van der Waals surface area contributed by atoms with Crippen LogP contribution in [0.1, 0.15) is 28.4 Å². The fourth-order valence-electron chi connectivity index (χ4n) is 2.65. The van der Waals surface area contributed by atoms with E-state index in [4.69, 9.17) is 0 Å². The van der Waals surface area contributed by atoms with Gasteiger partial charge in [-0.1, -0.05) is 0 Å². The van der Waals surface area contributed by atoms with Gasteiger partial charge in [-0.05, 0) is 44.0 Å². The van der Waals surface area contributed by atoms with Crippen molar-refractivity contribution >= 4 is 18.3 Å². The molecule has 7 heteroatoms. The third-order valence-corrected chi connectivity index (χ3v) is 3.57. The lowest BCUT2D eigenvalue weighted by Crippen LogP contribution is -2.51. The van der Waals surface area contributed by atoms with Gasteiger partial charge < -0.3 is 15.0 Å². The fraction of sp³-hybridized carbons (Fsp3) is 0.533. The van der Waals surface area contributed by atoms with Crippen LogP contribution in [0.15, 0.2) is 12.1 Å². The minimum Gasteiger partial charge on any atom is -0.434 e. The molecule has 1 aliphatic heterocycles. The number of rotatable bonds is 3. The first kappa shape index (κ1) is 18.6. The molecule has 1 aromatic carbocycles. The molecule has 0 aromatic heterocycles. The first-order valence-corrected chi connectivity index (χ1v) is 6.97. The highest BCUT2D eigenvalue weighted by Crippen LogP contribution is 2.27. The number of amides is 1. The normalized spacial score (nSPS) is 18.1. The van der Waals surface area contributed by atoms with Gasteiger partial charge in [0.1, 0.15) is 5.75 Å². The largest absolute Gasteiger partial charge is 0.434 e. The maximum Gasteiger partial charge on any atom is 0.387 e. The van der Waals surface area contributed by atoms with Gasteiger partial charge in [-0.2, -0.15) is 8.78 Å². The summed E-state index contributed by atoms with van der Waals surface area (Å²) in [5.74, 6) is 0.0772. The molecule has 0 bridgehead atoms. The molecule has 0 saturated carbocycles. The molecular weight excluding hydrogens is 314 g/mol. The number of halogens is 3. The van der Waals surface area contributed by atoms with Gasteiger partial charge in [-0.15, -0.1) is 12.4 Å². The number of alkyl halides is 2. The van der Waals surface area contributed by atoms with E-state index in [1.54, 1.807) is 30.9 Å². The van der Waals surface area contributed by atoms with Crippen molar-refractivity contribution in [2.24, 2.45) is 0 Å². The van der Waals surface area contributed by atoms with Crippen LogP contribution in [0.5, 0.6) is 5.75 Å². The van der Waals surface area contributed by atoms with Crippen molar-refractivity contribution in [3.05, 3.63) is 28.8 Å². The molecule has 1 heterocycles. The Hall–Kier alpha value is -1.40. The summed E-state index contributed by atoms with van der Waals surface area (Å²) < 4.78 is 29.2.